The number of hydrogen-bond acceptors (Lipinski definition) is 5. The molecule has 0 spiro atoms. The fourth-order valence-corrected chi connectivity index (χ4v) is 3.41. The van der Waals surface area contributed by atoms with E-state index in [9.17, 15) is 9.59 Å². The zero-order valence-corrected chi connectivity index (χ0v) is 17.1. The maximum absolute atomic E-state index is 12.4. The van der Waals surface area contributed by atoms with Crippen LogP contribution in [0.1, 0.15) is 57.4 Å². The molecule has 0 heterocycles. The number of benzene rings is 1. The second-order valence-electron chi connectivity index (χ2n) is 7.07. The predicted octanol–water partition coefficient (Wildman–Crippen LogP) is 3.88. The molecular formula is C22H31NO5. The zero-order valence-electron chi connectivity index (χ0n) is 17.1. The molecule has 1 aliphatic carbocycles. The molecule has 6 nitrogen and oxygen atoms in total. The number of carbonyl (C=O) groups excluding carboxylic acids is 2. The minimum Gasteiger partial charge on any atom is -0.493 e. The van der Waals surface area contributed by atoms with Crippen molar-refractivity contribution in [1.29, 1.82) is 0 Å². The van der Waals surface area contributed by atoms with Crippen molar-refractivity contribution in [2.75, 3.05) is 20.8 Å². The van der Waals surface area contributed by atoms with Crippen LogP contribution < -0.4 is 14.8 Å². The van der Waals surface area contributed by atoms with Crippen molar-refractivity contribution in [3.05, 3.63) is 29.8 Å². The van der Waals surface area contributed by atoms with Crippen LogP contribution in [0, 0.1) is 0 Å². The number of methoxy groups -OCH3 is 2. The van der Waals surface area contributed by atoms with Crippen molar-refractivity contribution in [2.24, 2.45) is 0 Å². The molecule has 0 unspecified atom stereocenters. The summed E-state index contributed by atoms with van der Waals surface area (Å²) >= 11 is 0. The van der Waals surface area contributed by atoms with Gasteiger partial charge in [0.05, 0.1) is 20.8 Å². The van der Waals surface area contributed by atoms with Gasteiger partial charge < -0.3 is 19.5 Å². The molecular weight excluding hydrogens is 358 g/mol. The van der Waals surface area contributed by atoms with Gasteiger partial charge >= 0.3 is 5.97 Å². The van der Waals surface area contributed by atoms with E-state index in [1.807, 2.05) is 18.2 Å². The third-order valence-corrected chi connectivity index (χ3v) is 5.02. The van der Waals surface area contributed by atoms with Gasteiger partial charge in [-0.15, -0.1) is 0 Å². The normalized spacial score (nSPS) is 15.8. The van der Waals surface area contributed by atoms with Crippen molar-refractivity contribution in [3.8, 4) is 11.5 Å². The third-order valence-electron chi connectivity index (χ3n) is 5.02. The molecule has 1 aromatic rings. The number of unbranched alkanes of at least 4 members (excludes halogenated alkanes) is 1. The van der Waals surface area contributed by atoms with Gasteiger partial charge in [0.25, 0.3) is 0 Å². The molecule has 0 radical (unpaired) electrons. The average molecular weight is 389 g/mol. The zero-order chi connectivity index (χ0) is 20.4. The average Bonchev–Trinajstić information content (AvgIpc) is 2.73. The molecule has 1 aliphatic rings. The Balaban J connectivity index is 2.05. The summed E-state index contributed by atoms with van der Waals surface area (Å²) in [6, 6.07) is 5.52. The predicted molar refractivity (Wildman–Crippen MR) is 108 cm³/mol. The molecule has 1 amide bonds. The second kappa shape index (κ2) is 10.7. The van der Waals surface area contributed by atoms with E-state index in [-0.39, 0.29) is 11.9 Å². The minimum atomic E-state index is -0.914. The van der Waals surface area contributed by atoms with Gasteiger partial charge in [-0.05, 0) is 43.0 Å². The summed E-state index contributed by atoms with van der Waals surface area (Å²) in [6.07, 6.45) is 9.25. The first-order chi connectivity index (χ1) is 13.5. The molecule has 1 aromatic carbocycles. The highest BCUT2D eigenvalue weighted by molar-refractivity contribution is 5.96. The molecule has 1 saturated carbocycles. The van der Waals surface area contributed by atoms with E-state index in [1.165, 1.54) is 13.2 Å². The summed E-state index contributed by atoms with van der Waals surface area (Å²) in [4.78, 5) is 24.7. The van der Waals surface area contributed by atoms with Gasteiger partial charge in [-0.1, -0.05) is 38.7 Å². The molecule has 0 aromatic heterocycles. The molecule has 0 aliphatic heterocycles. The van der Waals surface area contributed by atoms with Crippen molar-refractivity contribution in [1.82, 2.24) is 5.32 Å². The summed E-state index contributed by atoms with van der Waals surface area (Å²) in [5, 5.41) is 2.87. The Morgan fingerprint density at radius 3 is 2.54 bits per heavy atom. The number of ether oxygens (including phenoxy) is 3. The van der Waals surface area contributed by atoms with Crippen LogP contribution in [0.25, 0.3) is 6.08 Å². The van der Waals surface area contributed by atoms with Crippen LogP contribution in [0.15, 0.2) is 24.3 Å². The highest BCUT2D eigenvalue weighted by Crippen LogP contribution is 2.30. The van der Waals surface area contributed by atoms with E-state index in [2.05, 4.69) is 12.2 Å². The van der Waals surface area contributed by atoms with Gasteiger partial charge in [0.2, 0.25) is 5.91 Å². The standard InChI is InChI=1S/C22H31NO5/c1-4-5-15-28-18-11-9-17(16-19(18)26-2)10-12-20(24)23-22(21(25)27-3)13-7-6-8-14-22/h9-12,16H,4-8,13-15H2,1-3H3,(H,23,24)/b12-10+. The first-order valence-electron chi connectivity index (χ1n) is 9.94. The smallest absolute Gasteiger partial charge is 0.331 e. The summed E-state index contributed by atoms with van der Waals surface area (Å²) < 4.78 is 16.0. The lowest BCUT2D eigenvalue weighted by atomic mass is 9.81. The molecule has 0 bridgehead atoms. The Morgan fingerprint density at radius 1 is 1.14 bits per heavy atom. The quantitative estimate of drug-likeness (QED) is 0.394. The van der Waals surface area contributed by atoms with Gasteiger partial charge in [0, 0.05) is 6.08 Å². The summed E-state index contributed by atoms with van der Waals surface area (Å²) in [6.45, 7) is 2.75. The highest BCUT2D eigenvalue weighted by Gasteiger charge is 2.41. The lowest BCUT2D eigenvalue weighted by molar-refractivity contribution is -0.152. The molecule has 1 fully saturated rings. The number of esters is 1. The maximum atomic E-state index is 12.4. The van der Waals surface area contributed by atoms with Gasteiger partial charge in [-0.2, -0.15) is 0 Å². The van der Waals surface area contributed by atoms with E-state index in [0.717, 1.165) is 37.7 Å². The Hall–Kier alpha value is -2.50. The molecule has 6 heteroatoms. The monoisotopic (exact) mass is 389 g/mol. The lowest BCUT2D eigenvalue weighted by Gasteiger charge is -2.34. The van der Waals surface area contributed by atoms with Gasteiger partial charge in [0.1, 0.15) is 5.54 Å². The first kappa shape index (κ1) is 21.8. The SMILES string of the molecule is CCCCOc1ccc(/C=C/C(=O)NC2(C(=O)OC)CCCCC2)cc1OC. The van der Waals surface area contributed by atoms with Gasteiger partial charge in [0.15, 0.2) is 11.5 Å². The Labute approximate surface area is 167 Å². The maximum Gasteiger partial charge on any atom is 0.331 e. The summed E-state index contributed by atoms with van der Waals surface area (Å²) in [7, 11) is 2.95. The van der Waals surface area contributed by atoms with Crippen molar-refractivity contribution in [3.63, 3.8) is 0 Å². The minimum absolute atomic E-state index is 0.311. The molecule has 0 atom stereocenters. The number of rotatable bonds is 9. The van der Waals surface area contributed by atoms with Crippen molar-refractivity contribution < 1.29 is 23.8 Å². The Bertz CT molecular complexity index is 692. The Morgan fingerprint density at radius 2 is 1.89 bits per heavy atom. The van der Waals surface area contributed by atoms with Crippen LogP contribution in [-0.4, -0.2) is 38.2 Å². The van der Waals surface area contributed by atoms with E-state index in [1.54, 1.807) is 13.2 Å². The van der Waals surface area contributed by atoms with Crippen LogP contribution in [0.3, 0.4) is 0 Å². The fraction of sp³-hybridized carbons (Fsp3) is 0.545. The van der Waals surface area contributed by atoms with Crippen LogP contribution in [0.2, 0.25) is 0 Å². The van der Waals surface area contributed by atoms with E-state index in [4.69, 9.17) is 14.2 Å². The summed E-state index contributed by atoms with van der Waals surface area (Å²) in [5.74, 6) is 0.625. The van der Waals surface area contributed by atoms with Crippen LogP contribution in [-0.2, 0) is 14.3 Å². The largest absolute Gasteiger partial charge is 0.493 e. The van der Waals surface area contributed by atoms with Gasteiger partial charge in [-0.25, -0.2) is 4.79 Å². The fourth-order valence-electron chi connectivity index (χ4n) is 3.41. The topological polar surface area (TPSA) is 73.9 Å². The number of hydrogen-bond donors (Lipinski definition) is 1. The van der Waals surface area contributed by atoms with Crippen molar-refractivity contribution >= 4 is 18.0 Å². The van der Waals surface area contributed by atoms with Gasteiger partial charge in [-0.3, -0.25) is 4.79 Å². The van der Waals surface area contributed by atoms with Crippen LogP contribution in [0.5, 0.6) is 11.5 Å². The highest BCUT2D eigenvalue weighted by atomic mass is 16.5. The van der Waals surface area contributed by atoms with E-state index >= 15 is 0 Å². The van der Waals surface area contributed by atoms with E-state index in [0.29, 0.717) is 30.9 Å². The van der Waals surface area contributed by atoms with Crippen molar-refractivity contribution in [2.45, 2.75) is 57.4 Å². The lowest BCUT2D eigenvalue weighted by Crippen LogP contribution is -2.55. The number of nitrogens with one attached hydrogen (secondary N) is 1. The van der Waals surface area contributed by atoms with E-state index < -0.39 is 5.54 Å². The molecule has 28 heavy (non-hydrogen) atoms. The molecule has 0 saturated heterocycles. The third kappa shape index (κ3) is 5.75. The molecule has 2 rings (SSSR count). The molecule has 154 valence electrons. The molecule has 1 N–H and O–H groups in total. The number of amides is 1. The first-order valence-corrected chi connectivity index (χ1v) is 9.94. The van der Waals surface area contributed by atoms with Crippen LogP contribution in [0.4, 0.5) is 0 Å². The number of carbonyl (C=O) groups is 2. The van der Waals surface area contributed by atoms with Crippen LogP contribution >= 0.6 is 0 Å². The summed E-state index contributed by atoms with van der Waals surface area (Å²) in [5.41, 5.74) is -0.103. The Kier molecular flexibility index (Phi) is 8.36. The second-order valence-corrected chi connectivity index (χ2v) is 7.07.